The lowest BCUT2D eigenvalue weighted by Gasteiger charge is -2.49. The van der Waals surface area contributed by atoms with E-state index in [4.69, 9.17) is 14.5 Å². The number of carboxylic acids is 1. The van der Waals surface area contributed by atoms with Gasteiger partial charge in [0.2, 0.25) is 0 Å². The highest BCUT2D eigenvalue weighted by Gasteiger charge is 2.41. The van der Waals surface area contributed by atoms with Gasteiger partial charge in [0.15, 0.2) is 6.10 Å². The zero-order valence-electron chi connectivity index (χ0n) is 24.5. The number of aliphatic carboxylic acids is 1. The lowest BCUT2D eigenvalue weighted by molar-refractivity contribution is -0.160. The Hall–Kier alpha value is -3.52. The van der Waals surface area contributed by atoms with Gasteiger partial charge in [-0.25, -0.2) is 9.18 Å². The number of piperidine rings is 1. The van der Waals surface area contributed by atoms with E-state index in [1.165, 1.54) is 31.4 Å². The van der Waals surface area contributed by atoms with E-state index < -0.39 is 17.7 Å². The Kier molecular flexibility index (Phi) is 8.32. The van der Waals surface area contributed by atoms with Crippen molar-refractivity contribution in [3.8, 4) is 17.0 Å². The van der Waals surface area contributed by atoms with Crippen molar-refractivity contribution in [2.24, 2.45) is 5.41 Å². The Balaban J connectivity index is 1.45. The van der Waals surface area contributed by atoms with Gasteiger partial charge in [-0.05, 0) is 88.6 Å². The zero-order valence-corrected chi connectivity index (χ0v) is 24.5. The van der Waals surface area contributed by atoms with Crippen molar-refractivity contribution in [3.05, 3.63) is 71.4 Å². The van der Waals surface area contributed by atoms with Gasteiger partial charge in [-0.3, -0.25) is 9.97 Å². The largest absolute Gasteiger partial charge is 0.492 e. The first kappa shape index (κ1) is 29.0. The molecule has 8 heteroatoms. The zero-order chi connectivity index (χ0) is 29.2. The number of hydrogen-bond donors (Lipinski definition) is 1. The molecule has 1 saturated heterocycles. The van der Waals surface area contributed by atoms with Crippen molar-refractivity contribution in [2.45, 2.75) is 77.9 Å². The summed E-state index contributed by atoms with van der Waals surface area (Å²) >= 11 is 0. The van der Waals surface area contributed by atoms with Gasteiger partial charge >= 0.3 is 5.97 Å². The van der Waals surface area contributed by atoms with E-state index in [1.54, 1.807) is 24.5 Å². The summed E-state index contributed by atoms with van der Waals surface area (Å²) in [7, 11) is 0. The number of aromatic nitrogens is 2. The number of carbonyl (C=O) groups is 1. The highest BCUT2D eigenvalue weighted by atomic mass is 19.1. The molecule has 2 aromatic heterocycles. The Morgan fingerprint density at radius 1 is 1.05 bits per heavy atom. The predicted octanol–water partition coefficient (Wildman–Crippen LogP) is 6.92. The van der Waals surface area contributed by atoms with Crippen LogP contribution in [0.5, 0.6) is 5.75 Å². The second-order valence-electron chi connectivity index (χ2n) is 12.4. The maximum atomic E-state index is 13.2. The number of rotatable bonds is 9. The predicted molar refractivity (Wildman–Crippen MR) is 157 cm³/mol. The molecule has 0 unspecified atom stereocenters. The van der Waals surface area contributed by atoms with Gasteiger partial charge < -0.3 is 19.5 Å². The second kappa shape index (κ2) is 11.8. The van der Waals surface area contributed by atoms with Crippen LogP contribution in [0.15, 0.2) is 48.8 Å². The third-order valence-electron chi connectivity index (χ3n) is 8.38. The molecular weight excluding hydrogens is 521 g/mol. The molecule has 1 aliphatic carbocycles. The summed E-state index contributed by atoms with van der Waals surface area (Å²) in [6.45, 7) is 9.61. The molecule has 41 heavy (non-hydrogen) atoms. The van der Waals surface area contributed by atoms with E-state index in [0.717, 1.165) is 42.7 Å². The van der Waals surface area contributed by atoms with Crippen LogP contribution in [0.4, 0.5) is 10.1 Å². The highest BCUT2D eigenvalue weighted by molar-refractivity contribution is 5.85. The molecule has 1 aliphatic heterocycles. The van der Waals surface area contributed by atoms with Crippen LogP contribution in [0.2, 0.25) is 0 Å². The minimum absolute atomic E-state index is 0.255. The first-order chi connectivity index (χ1) is 19.5. The number of ether oxygens (including phenoxy) is 2. The smallest absolute Gasteiger partial charge is 0.337 e. The van der Waals surface area contributed by atoms with Crippen molar-refractivity contribution in [2.75, 3.05) is 24.6 Å². The molecule has 7 nitrogen and oxygen atoms in total. The molecule has 3 aromatic rings. The van der Waals surface area contributed by atoms with Crippen molar-refractivity contribution >= 4 is 11.7 Å². The summed E-state index contributed by atoms with van der Waals surface area (Å²) < 4.78 is 25.2. The first-order valence-corrected chi connectivity index (χ1v) is 14.5. The molecule has 5 rings (SSSR count). The van der Waals surface area contributed by atoms with Gasteiger partial charge in [-0.2, -0.15) is 0 Å². The fourth-order valence-corrected chi connectivity index (χ4v) is 5.98. The molecule has 1 saturated carbocycles. The van der Waals surface area contributed by atoms with E-state index in [-0.39, 0.29) is 5.82 Å². The van der Waals surface area contributed by atoms with Crippen LogP contribution in [0.1, 0.15) is 75.8 Å². The highest BCUT2D eigenvalue weighted by Crippen LogP contribution is 2.51. The van der Waals surface area contributed by atoms with E-state index in [1.807, 2.05) is 39.8 Å². The number of halogens is 1. The maximum absolute atomic E-state index is 13.2. The van der Waals surface area contributed by atoms with Gasteiger partial charge in [0.05, 0.1) is 29.8 Å². The van der Waals surface area contributed by atoms with E-state index in [0.29, 0.717) is 41.1 Å². The Bertz CT molecular complexity index is 1350. The standard InChI is InChI=1S/C33H40FN3O4/c1-22-28(30(31(38)39)41-32(2,3)4)29(37-17-15-33(16-18-37)13-5-14-33)26(21-35-22)27-11-10-25(20-36-27)40-19-12-23-6-8-24(34)9-7-23/h6-11,20-21,30H,5,12-19H2,1-4H3,(H,38,39)/t30-/m0/s1. The molecule has 2 fully saturated rings. The van der Waals surface area contributed by atoms with Crippen LogP contribution in [0, 0.1) is 18.2 Å². The molecule has 1 aromatic carbocycles. The summed E-state index contributed by atoms with van der Waals surface area (Å²) in [5, 5.41) is 10.3. The SMILES string of the molecule is Cc1ncc(-c2ccc(OCCc3ccc(F)cc3)cn2)c(N2CCC3(CCC3)CC2)c1[C@H](OC(C)(C)C)C(=O)O. The molecule has 1 N–H and O–H groups in total. The van der Waals surface area contributed by atoms with Crippen LogP contribution in [0.3, 0.4) is 0 Å². The fourth-order valence-electron chi connectivity index (χ4n) is 5.98. The third-order valence-corrected chi connectivity index (χ3v) is 8.38. The Morgan fingerprint density at radius 3 is 2.32 bits per heavy atom. The summed E-state index contributed by atoms with van der Waals surface area (Å²) in [4.78, 5) is 24.3. The molecule has 0 bridgehead atoms. The van der Waals surface area contributed by atoms with Gasteiger partial charge in [0.25, 0.3) is 0 Å². The van der Waals surface area contributed by atoms with Gasteiger partial charge in [-0.1, -0.05) is 18.6 Å². The molecule has 1 atom stereocenters. The minimum atomic E-state index is -1.16. The van der Waals surface area contributed by atoms with Gasteiger partial charge in [0.1, 0.15) is 11.6 Å². The lowest BCUT2D eigenvalue weighted by Crippen LogP contribution is -2.44. The average molecular weight is 562 g/mol. The summed E-state index contributed by atoms with van der Waals surface area (Å²) in [6.07, 6.45) is 9.03. The Morgan fingerprint density at radius 2 is 1.76 bits per heavy atom. The molecule has 1 spiro atoms. The average Bonchev–Trinajstić information content (AvgIpc) is 2.92. The molecular formula is C33H40FN3O4. The number of anilines is 1. The molecule has 3 heterocycles. The van der Waals surface area contributed by atoms with Gasteiger partial charge in [0, 0.05) is 42.5 Å². The van der Waals surface area contributed by atoms with Crippen molar-refractivity contribution in [1.29, 1.82) is 0 Å². The minimum Gasteiger partial charge on any atom is -0.492 e. The van der Waals surface area contributed by atoms with Crippen LogP contribution in [-0.4, -0.2) is 46.3 Å². The lowest BCUT2D eigenvalue weighted by atomic mass is 9.63. The number of benzene rings is 1. The number of pyridine rings is 2. The number of nitrogens with zero attached hydrogens (tertiary/aromatic N) is 3. The first-order valence-electron chi connectivity index (χ1n) is 14.5. The van der Waals surface area contributed by atoms with Crippen LogP contribution >= 0.6 is 0 Å². The number of hydrogen-bond acceptors (Lipinski definition) is 6. The second-order valence-corrected chi connectivity index (χ2v) is 12.4. The Labute approximate surface area is 241 Å². The molecule has 0 amide bonds. The molecule has 218 valence electrons. The fraction of sp³-hybridized carbons (Fsp3) is 0.485. The normalized spacial score (nSPS) is 17.2. The molecule has 0 radical (unpaired) electrons. The topological polar surface area (TPSA) is 84.8 Å². The third kappa shape index (κ3) is 6.70. The quantitative estimate of drug-likeness (QED) is 0.303. The van der Waals surface area contributed by atoms with Crippen LogP contribution in [-0.2, 0) is 16.0 Å². The van der Waals surface area contributed by atoms with E-state index >= 15 is 0 Å². The van der Waals surface area contributed by atoms with E-state index in [2.05, 4.69) is 9.88 Å². The monoisotopic (exact) mass is 561 g/mol. The summed E-state index contributed by atoms with van der Waals surface area (Å²) in [5.41, 5.74) is 4.35. The van der Waals surface area contributed by atoms with E-state index in [9.17, 15) is 14.3 Å². The van der Waals surface area contributed by atoms with Crippen molar-refractivity contribution in [3.63, 3.8) is 0 Å². The van der Waals surface area contributed by atoms with Crippen molar-refractivity contribution in [1.82, 2.24) is 9.97 Å². The number of aryl methyl sites for hydroxylation is 1. The van der Waals surface area contributed by atoms with Crippen LogP contribution in [0.25, 0.3) is 11.3 Å². The van der Waals surface area contributed by atoms with Crippen molar-refractivity contribution < 1.29 is 23.8 Å². The summed E-state index contributed by atoms with van der Waals surface area (Å²) in [5.74, 6) is -0.662. The maximum Gasteiger partial charge on any atom is 0.337 e. The van der Waals surface area contributed by atoms with Gasteiger partial charge in [-0.15, -0.1) is 0 Å². The van der Waals surface area contributed by atoms with Crippen LogP contribution < -0.4 is 9.64 Å². The molecule has 2 aliphatic rings. The summed E-state index contributed by atoms with van der Waals surface area (Å²) in [6, 6.07) is 10.2. The number of carboxylic acid groups (broad SMARTS) is 1.